The summed E-state index contributed by atoms with van der Waals surface area (Å²) < 4.78 is 6.98. The maximum Gasteiger partial charge on any atom is 0.159 e. The van der Waals surface area contributed by atoms with Gasteiger partial charge in [-0.15, -0.1) is 0 Å². The lowest BCUT2D eigenvalue weighted by Crippen LogP contribution is -2.10. The summed E-state index contributed by atoms with van der Waals surface area (Å²) in [6.07, 6.45) is 0. The fourth-order valence-corrected chi connectivity index (χ4v) is 6.88. The first-order valence-corrected chi connectivity index (χ1v) is 15.7. The maximum absolute atomic E-state index is 6.98. The fourth-order valence-electron chi connectivity index (χ4n) is 6.88. The Hall–Kier alpha value is -6.12. The molecule has 0 fully saturated rings. The summed E-state index contributed by atoms with van der Waals surface area (Å²) in [5, 5.41) is 6.89. The van der Waals surface area contributed by atoms with Crippen molar-refractivity contribution in [3.63, 3.8) is 0 Å². The molecule has 216 valence electrons. The highest BCUT2D eigenvalue weighted by Crippen LogP contribution is 2.46. The molecular formula is C44H29NO. The van der Waals surface area contributed by atoms with Gasteiger partial charge in [0.1, 0.15) is 5.58 Å². The van der Waals surface area contributed by atoms with Crippen LogP contribution in [0.2, 0.25) is 0 Å². The number of fused-ring (bicyclic) bond motifs is 6. The van der Waals surface area contributed by atoms with Crippen molar-refractivity contribution in [3.05, 3.63) is 176 Å². The van der Waals surface area contributed by atoms with Crippen molar-refractivity contribution >= 4 is 60.5 Å². The van der Waals surface area contributed by atoms with Gasteiger partial charge in [0.2, 0.25) is 0 Å². The van der Waals surface area contributed by atoms with Gasteiger partial charge in [-0.3, -0.25) is 0 Å². The number of hydrogen-bond donors (Lipinski definition) is 0. The van der Waals surface area contributed by atoms with E-state index in [4.69, 9.17) is 4.42 Å². The van der Waals surface area contributed by atoms with E-state index < -0.39 is 0 Å². The molecule has 2 nitrogen and oxygen atoms in total. The third-order valence-corrected chi connectivity index (χ3v) is 9.05. The summed E-state index contributed by atoms with van der Waals surface area (Å²) in [6.45, 7) is 0. The first-order chi connectivity index (χ1) is 22.8. The Labute approximate surface area is 267 Å². The van der Waals surface area contributed by atoms with Crippen molar-refractivity contribution in [1.82, 2.24) is 0 Å². The van der Waals surface area contributed by atoms with Gasteiger partial charge in [-0.05, 0) is 63.4 Å². The van der Waals surface area contributed by atoms with Gasteiger partial charge in [-0.2, -0.15) is 0 Å². The van der Waals surface area contributed by atoms with Crippen molar-refractivity contribution in [1.29, 1.82) is 0 Å². The van der Waals surface area contributed by atoms with Crippen molar-refractivity contribution in [3.8, 4) is 22.3 Å². The molecule has 0 aliphatic heterocycles. The Bertz CT molecular complexity index is 2510. The van der Waals surface area contributed by atoms with Crippen LogP contribution in [0.15, 0.2) is 180 Å². The zero-order valence-electron chi connectivity index (χ0n) is 25.1. The monoisotopic (exact) mass is 587 g/mol. The van der Waals surface area contributed by atoms with Gasteiger partial charge in [0.05, 0.1) is 11.4 Å². The SMILES string of the molecule is c1ccc(-c2ccc(N(c3cccc4ccccc34)c3cccc4c3oc3c5ccccc5c(-c5ccccc5)cc43)cc2)cc1. The van der Waals surface area contributed by atoms with E-state index in [1.807, 2.05) is 0 Å². The molecule has 0 saturated heterocycles. The minimum atomic E-state index is 0.868. The van der Waals surface area contributed by atoms with E-state index in [2.05, 4.69) is 181 Å². The molecule has 8 aromatic carbocycles. The lowest BCUT2D eigenvalue weighted by Gasteiger charge is -2.27. The fraction of sp³-hybridized carbons (Fsp3) is 0. The molecule has 1 aromatic heterocycles. The summed E-state index contributed by atoms with van der Waals surface area (Å²) in [5.74, 6) is 0. The summed E-state index contributed by atoms with van der Waals surface area (Å²) in [4.78, 5) is 2.35. The predicted molar refractivity (Wildman–Crippen MR) is 194 cm³/mol. The smallest absolute Gasteiger partial charge is 0.159 e. The number of rotatable bonds is 5. The number of hydrogen-bond acceptors (Lipinski definition) is 2. The van der Waals surface area contributed by atoms with Crippen molar-refractivity contribution < 1.29 is 4.42 Å². The van der Waals surface area contributed by atoms with E-state index in [0.717, 1.165) is 44.4 Å². The quantitative estimate of drug-likeness (QED) is 0.199. The van der Waals surface area contributed by atoms with Crippen LogP contribution in [0.4, 0.5) is 17.1 Å². The number of benzene rings is 8. The Morgan fingerprint density at radius 2 is 0.891 bits per heavy atom. The molecule has 9 rings (SSSR count). The highest BCUT2D eigenvalue weighted by Gasteiger charge is 2.22. The molecule has 0 aliphatic rings. The molecular weight excluding hydrogens is 558 g/mol. The second kappa shape index (κ2) is 10.8. The molecule has 2 heteroatoms. The highest BCUT2D eigenvalue weighted by molar-refractivity contribution is 6.21. The molecule has 0 spiro atoms. The molecule has 0 bridgehead atoms. The maximum atomic E-state index is 6.98. The van der Waals surface area contributed by atoms with Crippen LogP contribution in [0.25, 0.3) is 65.7 Å². The van der Waals surface area contributed by atoms with E-state index in [1.54, 1.807) is 0 Å². The third kappa shape index (κ3) is 4.27. The Kier molecular flexibility index (Phi) is 6.17. The van der Waals surface area contributed by atoms with Crippen LogP contribution in [-0.4, -0.2) is 0 Å². The lowest BCUT2D eigenvalue weighted by molar-refractivity contribution is 0.673. The third-order valence-electron chi connectivity index (χ3n) is 9.05. The lowest BCUT2D eigenvalue weighted by atomic mass is 9.95. The van der Waals surface area contributed by atoms with E-state index >= 15 is 0 Å². The van der Waals surface area contributed by atoms with Gasteiger partial charge in [-0.1, -0.05) is 146 Å². The van der Waals surface area contributed by atoms with Crippen LogP contribution in [0, 0.1) is 0 Å². The Balaban J connectivity index is 1.32. The molecule has 0 saturated carbocycles. The van der Waals surface area contributed by atoms with Crippen molar-refractivity contribution in [2.24, 2.45) is 0 Å². The van der Waals surface area contributed by atoms with Crippen LogP contribution in [-0.2, 0) is 0 Å². The number of para-hydroxylation sites is 1. The van der Waals surface area contributed by atoms with Gasteiger partial charge in [0.15, 0.2) is 5.58 Å². The summed E-state index contributed by atoms with van der Waals surface area (Å²) in [6, 6.07) is 62.5. The van der Waals surface area contributed by atoms with E-state index in [-0.39, 0.29) is 0 Å². The molecule has 0 N–H and O–H groups in total. The van der Waals surface area contributed by atoms with E-state index in [0.29, 0.717) is 0 Å². The van der Waals surface area contributed by atoms with Gasteiger partial charge in [-0.25, -0.2) is 0 Å². The first-order valence-electron chi connectivity index (χ1n) is 15.7. The van der Waals surface area contributed by atoms with Crippen LogP contribution in [0.1, 0.15) is 0 Å². The minimum absolute atomic E-state index is 0.868. The zero-order valence-corrected chi connectivity index (χ0v) is 25.1. The molecule has 9 aromatic rings. The number of nitrogens with zero attached hydrogens (tertiary/aromatic N) is 1. The van der Waals surface area contributed by atoms with Gasteiger partial charge >= 0.3 is 0 Å². The van der Waals surface area contributed by atoms with Crippen molar-refractivity contribution in [2.75, 3.05) is 4.90 Å². The molecule has 0 atom stereocenters. The van der Waals surface area contributed by atoms with Crippen LogP contribution >= 0.6 is 0 Å². The summed E-state index contributed by atoms with van der Waals surface area (Å²) >= 11 is 0. The number of furan rings is 1. The van der Waals surface area contributed by atoms with Crippen LogP contribution in [0.3, 0.4) is 0 Å². The summed E-state index contributed by atoms with van der Waals surface area (Å²) in [7, 11) is 0. The highest BCUT2D eigenvalue weighted by atomic mass is 16.3. The van der Waals surface area contributed by atoms with Gasteiger partial charge in [0.25, 0.3) is 0 Å². The first kappa shape index (κ1) is 26.3. The van der Waals surface area contributed by atoms with Crippen LogP contribution < -0.4 is 4.90 Å². The predicted octanol–water partition coefficient (Wildman–Crippen LogP) is 12.7. The second-order valence-electron chi connectivity index (χ2n) is 11.7. The molecule has 0 amide bonds. The van der Waals surface area contributed by atoms with E-state index in [1.165, 1.54) is 38.4 Å². The average Bonchev–Trinajstić information content (AvgIpc) is 3.52. The standard InChI is InChI=1S/C44H29NO/c1-3-13-30(14-4-1)31-25-27-34(28-26-31)45(41-23-11-18-32-17-7-8-19-35(32)41)42-24-12-22-38-40-29-39(33-15-5-2-6-16-33)36-20-9-10-21-37(36)43(40)46-44(38)42/h1-29H. The molecule has 1 heterocycles. The largest absolute Gasteiger partial charge is 0.453 e. The topological polar surface area (TPSA) is 16.4 Å². The normalized spacial score (nSPS) is 11.5. The van der Waals surface area contributed by atoms with Crippen molar-refractivity contribution in [2.45, 2.75) is 0 Å². The molecule has 0 unspecified atom stereocenters. The molecule has 46 heavy (non-hydrogen) atoms. The molecule has 0 radical (unpaired) electrons. The van der Waals surface area contributed by atoms with Gasteiger partial charge < -0.3 is 9.32 Å². The molecule has 0 aliphatic carbocycles. The van der Waals surface area contributed by atoms with E-state index in [9.17, 15) is 0 Å². The van der Waals surface area contributed by atoms with Crippen LogP contribution in [0.5, 0.6) is 0 Å². The second-order valence-corrected chi connectivity index (χ2v) is 11.7. The Morgan fingerprint density at radius 1 is 0.348 bits per heavy atom. The summed E-state index contributed by atoms with van der Waals surface area (Å²) in [5.41, 5.74) is 9.74. The van der Waals surface area contributed by atoms with Gasteiger partial charge in [0, 0.05) is 27.2 Å². The Morgan fingerprint density at radius 3 is 1.67 bits per heavy atom. The average molecular weight is 588 g/mol. The zero-order chi connectivity index (χ0) is 30.5. The minimum Gasteiger partial charge on any atom is -0.453 e. The number of anilines is 3.